The Balaban J connectivity index is 1.52. The largest absolute Gasteiger partial charge is 0.497 e. The molecular weight excluding hydrogens is 494 g/mol. The second-order valence-corrected chi connectivity index (χ2v) is 11.1. The molecule has 5 rings (SSSR count). The van der Waals surface area contributed by atoms with Gasteiger partial charge in [0, 0.05) is 18.5 Å². The quantitative estimate of drug-likeness (QED) is 0.358. The lowest BCUT2D eigenvalue weighted by Gasteiger charge is -2.26. The summed E-state index contributed by atoms with van der Waals surface area (Å²) in [6.45, 7) is 2.24. The van der Waals surface area contributed by atoms with Crippen molar-refractivity contribution in [1.29, 1.82) is 0 Å². The SMILES string of the molecule is COc1ccc(N=c2scc(-c3ccc(S(=O)(=O)N4CCOCC4)cc3)n2Cc2ccccc2)cc1. The highest BCUT2D eigenvalue weighted by atomic mass is 32.2. The van der Waals surface area contributed by atoms with Crippen LogP contribution in [0.15, 0.2) is 94.1 Å². The third kappa shape index (κ3) is 5.29. The molecule has 3 aromatic carbocycles. The number of hydrogen-bond donors (Lipinski definition) is 0. The summed E-state index contributed by atoms with van der Waals surface area (Å²) >= 11 is 1.55. The fraction of sp³-hybridized carbons (Fsp3) is 0.222. The summed E-state index contributed by atoms with van der Waals surface area (Å²) in [5.74, 6) is 0.783. The molecule has 0 unspecified atom stereocenters. The minimum Gasteiger partial charge on any atom is -0.497 e. The van der Waals surface area contributed by atoms with E-state index in [0.717, 1.165) is 33.1 Å². The van der Waals surface area contributed by atoms with E-state index in [4.69, 9.17) is 14.5 Å². The first-order chi connectivity index (χ1) is 17.5. The molecule has 36 heavy (non-hydrogen) atoms. The molecule has 1 saturated heterocycles. The minimum atomic E-state index is -3.54. The number of aromatic nitrogens is 1. The lowest BCUT2D eigenvalue weighted by atomic mass is 10.1. The number of thiazole rings is 1. The molecule has 9 heteroatoms. The van der Waals surface area contributed by atoms with E-state index in [1.165, 1.54) is 4.31 Å². The van der Waals surface area contributed by atoms with E-state index in [1.807, 2.05) is 54.6 Å². The summed E-state index contributed by atoms with van der Waals surface area (Å²) in [5, 5.41) is 2.07. The van der Waals surface area contributed by atoms with Gasteiger partial charge in [-0.1, -0.05) is 42.5 Å². The van der Waals surface area contributed by atoms with Crippen LogP contribution in [0.1, 0.15) is 5.56 Å². The molecule has 0 spiro atoms. The summed E-state index contributed by atoms with van der Waals surface area (Å²) in [6, 6.07) is 25.0. The first-order valence-corrected chi connectivity index (χ1v) is 14.0. The lowest BCUT2D eigenvalue weighted by Crippen LogP contribution is -2.40. The predicted octanol–water partition coefficient (Wildman–Crippen LogP) is 4.53. The maximum Gasteiger partial charge on any atom is 0.243 e. The molecule has 0 saturated carbocycles. The summed E-state index contributed by atoms with van der Waals surface area (Å²) in [6.07, 6.45) is 0. The van der Waals surface area contributed by atoms with Gasteiger partial charge in [0.15, 0.2) is 4.80 Å². The fourth-order valence-electron chi connectivity index (χ4n) is 4.07. The minimum absolute atomic E-state index is 0.293. The molecule has 186 valence electrons. The number of sulfonamides is 1. The van der Waals surface area contributed by atoms with Gasteiger partial charge in [-0.25, -0.2) is 13.4 Å². The zero-order valence-electron chi connectivity index (χ0n) is 19.9. The van der Waals surface area contributed by atoms with Crippen molar-refractivity contribution < 1.29 is 17.9 Å². The van der Waals surface area contributed by atoms with Gasteiger partial charge in [0.05, 0.1) is 43.1 Å². The van der Waals surface area contributed by atoms with Gasteiger partial charge in [0.25, 0.3) is 0 Å². The van der Waals surface area contributed by atoms with E-state index < -0.39 is 10.0 Å². The van der Waals surface area contributed by atoms with E-state index in [2.05, 4.69) is 22.1 Å². The van der Waals surface area contributed by atoms with E-state index in [9.17, 15) is 8.42 Å². The summed E-state index contributed by atoms with van der Waals surface area (Å²) in [7, 11) is -1.90. The maximum absolute atomic E-state index is 13.0. The van der Waals surface area contributed by atoms with E-state index in [0.29, 0.717) is 37.7 Å². The molecule has 1 aliphatic rings. The summed E-state index contributed by atoms with van der Waals surface area (Å²) in [4.78, 5) is 6.03. The van der Waals surface area contributed by atoms with Crippen LogP contribution in [-0.4, -0.2) is 50.7 Å². The topological polar surface area (TPSA) is 73.1 Å². The van der Waals surface area contributed by atoms with Crippen molar-refractivity contribution in [2.45, 2.75) is 11.4 Å². The number of morpholine rings is 1. The lowest BCUT2D eigenvalue weighted by molar-refractivity contribution is 0.0730. The standard InChI is InChI=1S/C27H27N3O4S2/c1-33-24-11-9-23(10-12-24)28-27-30(19-21-5-3-2-4-6-21)26(20-35-27)22-7-13-25(14-8-22)36(31,32)29-15-17-34-18-16-29/h2-14,20H,15-19H2,1H3. The van der Waals surface area contributed by atoms with Crippen molar-refractivity contribution in [3.8, 4) is 17.0 Å². The van der Waals surface area contributed by atoms with Gasteiger partial charge in [-0.05, 0) is 47.5 Å². The Morgan fingerprint density at radius 1 is 0.944 bits per heavy atom. The van der Waals surface area contributed by atoms with Crippen molar-refractivity contribution in [2.75, 3.05) is 33.4 Å². The van der Waals surface area contributed by atoms with Crippen LogP contribution < -0.4 is 9.54 Å². The fourth-order valence-corrected chi connectivity index (χ4v) is 6.41. The maximum atomic E-state index is 13.0. The Morgan fingerprint density at radius 3 is 2.31 bits per heavy atom. The molecule has 1 aliphatic heterocycles. The monoisotopic (exact) mass is 521 g/mol. The number of hydrogen-bond acceptors (Lipinski definition) is 6. The van der Waals surface area contributed by atoms with Gasteiger partial charge in [-0.3, -0.25) is 0 Å². The van der Waals surface area contributed by atoms with Crippen LogP contribution in [0.4, 0.5) is 5.69 Å². The zero-order valence-corrected chi connectivity index (χ0v) is 21.5. The van der Waals surface area contributed by atoms with Crippen LogP contribution in [-0.2, 0) is 21.3 Å². The van der Waals surface area contributed by atoms with Gasteiger partial charge < -0.3 is 14.0 Å². The third-order valence-corrected chi connectivity index (χ3v) is 8.81. The van der Waals surface area contributed by atoms with Crippen LogP contribution in [0.5, 0.6) is 5.75 Å². The van der Waals surface area contributed by atoms with Gasteiger partial charge in [-0.2, -0.15) is 4.31 Å². The highest BCUT2D eigenvalue weighted by molar-refractivity contribution is 7.89. The smallest absolute Gasteiger partial charge is 0.243 e. The van der Waals surface area contributed by atoms with Gasteiger partial charge in [-0.15, -0.1) is 11.3 Å². The molecule has 0 atom stereocenters. The highest BCUT2D eigenvalue weighted by Gasteiger charge is 2.26. The molecule has 1 aromatic heterocycles. The van der Waals surface area contributed by atoms with Crippen LogP contribution >= 0.6 is 11.3 Å². The van der Waals surface area contributed by atoms with Crippen LogP contribution in [0.25, 0.3) is 11.3 Å². The number of nitrogens with zero attached hydrogens (tertiary/aromatic N) is 3. The van der Waals surface area contributed by atoms with Gasteiger partial charge >= 0.3 is 0 Å². The molecule has 4 aromatic rings. The van der Waals surface area contributed by atoms with Crippen LogP contribution in [0.2, 0.25) is 0 Å². The van der Waals surface area contributed by atoms with Crippen molar-refractivity contribution in [3.63, 3.8) is 0 Å². The molecular formula is C27H27N3O4S2. The Labute approximate surface area is 214 Å². The van der Waals surface area contributed by atoms with E-state index in [-0.39, 0.29) is 0 Å². The Hall–Kier alpha value is -3.24. The number of rotatable bonds is 7. The van der Waals surface area contributed by atoms with Crippen molar-refractivity contribution in [2.24, 2.45) is 4.99 Å². The Kier molecular flexibility index (Phi) is 7.33. The first kappa shape index (κ1) is 24.5. The predicted molar refractivity (Wildman–Crippen MR) is 141 cm³/mol. The van der Waals surface area contributed by atoms with Crippen molar-refractivity contribution in [3.05, 3.63) is 94.6 Å². The second-order valence-electron chi connectivity index (χ2n) is 8.33. The van der Waals surface area contributed by atoms with Gasteiger partial charge in [0.2, 0.25) is 10.0 Å². The molecule has 0 bridgehead atoms. The van der Waals surface area contributed by atoms with Crippen molar-refractivity contribution >= 4 is 27.0 Å². The average molecular weight is 522 g/mol. The normalized spacial score (nSPS) is 15.2. The number of benzene rings is 3. The molecule has 1 fully saturated rings. The summed E-state index contributed by atoms with van der Waals surface area (Å²) in [5.41, 5.74) is 3.89. The van der Waals surface area contributed by atoms with E-state index in [1.54, 1.807) is 30.6 Å². The zero-order chi connectivity index (χ0) is 25.0. The Bertz CT molecular complexity index is 1470. The third-order valence-electron chi connectivity index (χ3n) is 6.04. The average Bonchev–Trinajstić information content (AvgIpc) is 3.32. The Morgan fingerprint density at radius 2 is 1.64 bits per heavy atom. The second kappa shape index (κ2) is 10.8. The number of ether oxygens (including phenoxy) is 2. The van der Waals surface area contributed by atoms with Crippen molar-refractivity contribution in [1.82, 2.24) is 8.87 Å². The van der Waals surface area contributed by atoms with Crippen LogP contribution in [0.3, 0.4) is 0 Å². The molecule has 0 amide bonds. The summed E-state index contributed by atoms with van der Waals surface area (Å²) < 4.78 is 40.3. The van der Waals surface area contributed by atoms with E-state index >= 15 is 0 Å². The molecule has 7 nitrogen and oxygen atoms in total. The van der Waals surface area contributed by atoms with Gasteiger partial charge in [0.1, 0.15) is 5.75 Å². The molecule has 0 aliphatic carbocycles. The van der Waals surface area contributed by atoms with Crippen LogP contribution in [0, 0.1) is 0 Å². The number of methoxy groups -OCH3 is 1. The first-order valence-electron chi connectivity index (χ1n) is 11.6. The highest BCUT2D eigenvalue weighted by Crippen LogP contribution is 2.25. The molecule has 0 N–H and O–H groups in total. The molecule has 2 heterocycles. The molecule has 0 radical (unpaired) electrons.